The molecule has 3 heterocycles. The van der Waals surface area contributed by atoms with Crippen LogP contribution in [0.15, 0.2) is 36.5 Å². The number of rotatable bonds is 7. The number of hydrogen-bond donors (Lipinski definition) is 3. The molecule has 0 aliphatic carbocycles. The lowest BCUT2D eigenvalue weighted by atomic mass is 9.70. The van der Waals surface area contributed by atoms with E-state index in [1.807, 2.05) is 13.8 Å². The minimum atomic E-state index is -1.24. The van der Waals surface area contributed by atoms with E-state index in [1.54, 1.807) is 24.3 Å². The van der Waals surface area contributed by atoms with Crippen molar-refractivity contribution in [3.05, 3.63) is 63.6 Å². The molecular weight excluding hydrogens is 530 g/mol. The zero-order chi connectivity index (χ0) is 27.9. The van der Waals surface area contributed by atoms with Gasteiger partial charge in [0.2, 0.25) is 5.91 Å². The maximum Gasteiger partial charge on any atom is 0.237 e. The molecule has 5 unspecified atom stereocenters. The lowest BCUT2D eigenvalue weighted by molar-refractivity contribution is -0.138. The number of nitrogens with one attached hydrogen (secondary N) is 2. The number of carbonyl (C=O) groups is 1. The summed E-state index contributed by atoms with van der Waals surface area (Å²) in [5.74, 6) is -2.32. The Kier molecular flexibility index (Phi) is 8.44. The molecule has 1 aromatic heterocycles. The third-order valence-corrected chi connectivity index (χ3v) is 7.74. The standard InChI is InChI=1S/C28H37Cl2FN4O3/c1-26(2,3)13-21-28(32,20-10-9-16(29)14-34-20)22(18-7-6-8-19(30)23(18)31)24(35-21)25(36)33-12-11-17-15-37-27(4,5)38-17/h6-10,14,17,21-22,24,35H,11-13,15,32H2,1-5H3,(H,33,36). The highest BCUT2D eigenvalue weighted by molar-refractivity contribution is 6.31. The summed E-state index contributed by atoms with van der Waals surface area (Å²) in [5.41, 5.74) is 6.66. The van der Waals surface area contributed by atoms with Crippen molar-refractivity contribution in [2.45, 2.75) is 82.9 Å². The van der Waals surface area contributed by atoms with Gasteiger partial charge in [-0.15, -0.1) is 0 Å². The van der Waals surface area contributed by atoms with E-state index in [0.29, 0.717) is 36.7 Å². The van der Waals surface area contributed by atoms with Crippen molar-refractivity contribution in [3.63, 3.8) is 0 Å². The smallest absolute Gasteiger partial charge is 0.237 e. The fourth-order valence-electron chi connectivity index (χ4n) is 5.55. The van der Waals surface area contributed by atoms with E-state index in [4.69, 9.17) is 38.4 Å². The van der Waals surface area contributed by atoms with E-state index in [9.17, 15) is 4.79 Å². The third-order valence-electron chi connectivity index (χ3n) is 7.22. The summed E-state index contributed by atoms with van der Waals surface area (Å²) in [7, 11) is 0. The molecule has 2 aromatic rings. The third kappa shape index (κ3) is 6.16. The Bertz CT molecular complexity index is 1160. The molecule has 38 heavy (non-hydrogen) atoms. The van der Waals surface area contributed by atoms with Crippen LogP contribution in [-0.4, -0.2) is 48.0 Å². The molecule has 2 aliphatic heterocycles. The van der Waals surface area contributed by atoms with Crippen LogP contribution in [0, 0.1) is 11.2 Å². The molecule has 2 saturated heterocycles. The quantitative estimate of drug-likeness (QED) is 0.441. The number of ether oxygens (including phenoxy) is 2. The van der Waals surface area contributed by atoms with Crippen LogP contribution in [-0.2, 0) is 19.8 Å². The fraction of sp³-hybridized carbons (Fsp3) is 0.571. The molecule has 1 aromatic carbocycles. The van der Waals surface area contributed by atoms with E-state index >= 15 is 4.39 Å². The number of pyridine rings is 1. The fourth-order valence-corrected chi connectivity index (χ4v) is 5.84. The van der Waals surface area contributed by atoms with Gasteiger partial charge >= 0.3 is 0 Å². The van der Waals surface area contributed by atoms with Gasteiger partial charge in [-0.3, -0.25) is 9.78 Å². The zero-order valence-corrected chi connectivity index (χ0v) is 24.0. The summed E-state index contributed by atoms with van der Waals surface area (Å²) in [6.45, 7) is 10.8. The lowest BCUT2D eigenvalue weighted by Gasteiger charge is -2.38. The highest BCUT2D eigenvalue weighted by Crippen LogP contribution is 2.48. The molecule has 208 valence electrons. The predicted molar refractivity (Wildman–Crippen MR) is 147 cm³/mol. The molecule has 0 spiro atoms. The minimum absolute atomic E-state index is 0.0339. The number of hydrogen-bond acceptors (Lipinski definition) is 6. The van der Waals surface area contributed by atoms with Gasteiger partial charge in [-0.2, -0.15) is 0 Å². The lowest BCUT2D eigenvalue weighted by Crippen LogP contribution is -2.52. The monoisotopic (exact) mass is 566 g/mol. The normalized spacial score (nSPS) is 29.0. The van der Waals surface area contributed by atoms with Gasteiger partial charge in [0.1, 0.15) is 5.82 Å². The first-order valence-electron chi connectivity index (χ1n) is 12.9. The minimum Gasteiger partial charge on any atom is -0.355 e. The number of carbonyl (C=O) groups excluding carboxylic acids is 1. The van der Waals surface area contributed by atoms with E-state index in [2.05, 4.69) is 36.4 Å². The summed E-state index contributed by atoms with van der Waals surface area (Å²) in [6, 6.07) is 7.00. The molecule has 10 heteroatoms. The second kappa shape index (κ2) is 11.0. The number of benzene rings is 1. The highest BCUT2D eigenvalue weighted by atomic mass is 35.5. The van der Waals surface area contributed by atoms with Crippen molar-refractivity contribution in [2.75, 3.05) is 13.2 Å². The molecule has 7 nitrogen and oxygen atoms in total. The topological polar surface area (TPSA) is 98.5 Å². The maximum atomic E-state index is 15.6. The number of amides is 1. The van der Waals surface area contributed by atoms with Crippen molar-refractivity contribution in [1.29, 1.82) is 0 Å². The Labute approximate surface area is 234 Å². The van der Waals surface area contributed by atoms with E-state index in [0.717, 1.165) is 0 Å². The van der Waals surface area contributed by atoms with Crippen LogP contribution in [0.1, 0.15) is 64.6 Å². The molecule has 0 radical (unpaired) electrons. The van der Waals surface area contributed by atoms with E-state index < -0.39 is 35.1 Å². The maximum absolute atomic E-state index is 15.6. The van der Waals surface area contributed by atoms with Gasteiger partial charge in [0.25, 0.3) is 0 Å². The summed E-state index contributed by atoms with van der Waals surface area (Å²) in [4.78, 5) is 18.3. The average Bonchev–Trinajstić information content (AvgIpc) is 3.31. The summed E-state index contributed by atoms with van der Waals surface area (Å²) in [5, 5.41) is 6.89. The number of nitrogens with zero attached hydrogens (tertiary/aromatic N) is 1. The molecule has 2 aliphatic rings. The van der Waals surface area contributed by atoms with Crippen LogP contribution in [0.4, 0.5) is 4.39 Å². The molecule has 0 bridgehead atoms. The number of nitrogens with two attached hydrogens (primary N) is 1. The summed E-state index contributed by atoms with van der Waals surface area (Å²) in [6.07, 6.45) is 2.58. The molecular formula is C28H37Cl2FN4O3. The Morgan fingerprint density at radius 1 is 1.26 bits per heavy atom. The second-order valence-corrected chi connectivity index (χ2v) is 12.8. The van der Waals surface area contributed by atoms with Crippen molar-refractivity contribution < 1.29 is 18.7 Å². The van der Waals surface area contributed by atoms with Crippen LogP contribution >= 0.6 is 23.2 Å². The Morgan fingerprint density at radius 3 is 2.61 bits per heavy atom. The zero-order valence-electron chi connectivity index (χ0n) is 22.5. The molecule has 1 amide bonds. The van der Waals surface area contributed by atoms with Gasteiger partial charge in [0.05, 0.1) is 40.0 Å². The first-order chi connectivity index (χ1) is 17.7. The van der Waals surface area contributed by atoms with Gasteiger partial charge in [-0.05, 0) is 55.9 Å². The first kappa shape index (κ1) is 29.2. The number of halogens is 3. The van der Waals surface area contributed by atoms with Crippen LogP contribution in [0.5, 0.6) is 0 Å². The van der Waals surface area contributed by atoms with Crippen molar-refractivity contribution in [2.24, 2.45) is 11.1 Å². The molecule has 0 saturated carbocycles. The van der Waals surface area contributed by atoms with Crippen LogP contribution in [0.3, 0.4) is 0 Å². The SMILES string of the molecule is CC(C)(C)CC1NC(C(=O)NCCC2COC(C)(C)O2)C(c2cccc(Cl)c2F)C1(N)c1ccc(Cl)cn1. The van der Waals surface area contributed by atoms with Gasteiger partial charge in [0, 0.05) is 24.7 Å². The summed E-state index contributed by atoms with van der Waals surface area (Å²) < 4.78 is 27.1. The van der Waals surface area contributed by atoms with Crippen LogP contribution in [0.2, 0.25) is 10.0 Å². The second-order valence-electron chi connectivity index (χ2n) is 11.9. The van der Waals surface area contributed by atoms with Crippen molar-refractivity contribution in [3.8, 4) is 0 Å². The largest absolute Gasteiger partial charge is 0.355 e. The highest BCUT2D eigenvalue weighted by Gasteiger charge is 2.58. The molecule has 2 fully saturated rings. The Morgan fingerprint density at radius 2 is 2.00 bits per heavy atom. The average molecular weight is 568 g/mol. The van der Waals surface area contributed by atoms with Gasteiger partial charge < -0.3 is 25.8 Å². The molecule has 4 rings (SSSR count). The van der Waals surface area contributed by atoms with Crippen LogP contribution < -0.4 is 16.4 Å². The van der Waals surface area contributed by atoms with E-state index in [1.165, 1.54) is 12.3 Å². The van der Waals surface area contributed by atoms with Gasteiger partial charge in [0.15, 0.2) is 5.79 Å². The van der Waals surface area contributed by atoms with Gasteiger partial charge in [-0.25, -0.2) is 4.39 Å². The summed E-state index contributed by atoms with van der Waals surface area (Å²) >= 11 is 12.3. The van der Waals surface area contributed by atoms with E-state index in [-0.39, 0.29) is 28.0 Å². The predicted octanol–water partition coefficient (Wildman–Crippen LogP) is 4.90. The van der Waals surface area contributed by atoms with Gasteiger partial charge in [-0.1, -0.05) is 56.1 Å². The Balaban J connectivity index is 1.70. The first-order valence-corrected chi connectivity index (χ1v) is 13.7. The van der Waals surface area contributed by atoms with Crippen LogP contribution in [0.25, 0.3) is 0 Å². The van der Waals surface area contributed by atoms with Crippen molar-refractivity contribution in [1.82, 2.24) is 15.6 Å². The molecule has 4 N–H and O–H groups in total. The number of aromatic nitrogens is 1. The Hall–Kier alpha value is -1.81. The molecule has 5 atom stereocenters. The van der Waals surface area contributed by atoms with Crippen molar-refractivity contribution >= 4 is 29.1 Å².